The number of hydrogen-bond acceptors (Lipinski definition) is 2. The average molecular weight is 336 g/mol. The summed E-state index contributed by atoms with van der Waals surface area (Å²) in [6.07, 6.45) is 1.92. The van der Waals surface area contributed by atoms with Crippen molar-refractivity contribution in [3.63, 3.8) is 0 Å². The van der Waals surface area contributed by atoms with Crippen molar-refractivity contribution in [2.45, 2.75) is 32.9 Å². The summed E-state index contributed by atoms with van der Waals surface area (Å²) in [4.78, 5) is 17.1. The zero-order valence-electron chi connectivity index (χ0n) is 15.3. The molecule has 0 N–H and O–H groups in total. The number of likely N-dealkylation sites (tertiary alicyclic amines) is 1. The molecule has 1 amide bonds. The van der Waals surface area contributed by atoms with E-state index in [-0.39, 0.29) is 5.92 Å². The molecule has 0 saturated carbocycles. The van der Waals surface area contributed by atoms with Crippen LogP contribution < -0.4 is 0 Å². The van der Waals surface area contributed by atoms with E-state index in [1.165, 1.54) is 16.7 Å². The molecule has 0 atom stereocenters. The molecule has 1 aliphatic heterocycles. The monoisotopic (exact) mass is 336 g/mol. The predicted octanol–water partition coefficient (Wildman–Crippen LogP) is 3.87. The van der Waals surface area contributed by atoms with Crippen molar-refractivity contribution in [1.29, 1.82) is 0 Å². The van der Waals surface area contributed by atoms with Crippen LogP contribution in [0.4, 0.5) is 0 Å². The van der Waals surface area contributed by atoms with Crippen LogP contribution in [-0.4, -0.2) is 35.8 Å². The molecule has 3 rings (SSSR count). The highest BCUT2D eigenvalue weighted by atomic mass is 16.2. The Hall–Kier alpha value is -2.13. The highest BCUT2D eigenvalue weighted by Gasteiger charge is 2.27. The summed E-state index contributed by atoms with van der Waals surface area (Å²) < 4.78 is 0. The molecule has 25 heavy (non-hydrogen) atoms. The van der Waals surface area contributed by atoms with Crippen LogP contribution in [0.15, 0.2) is 54.6 Å². The van der Waals surface area contributed by atoms with Gasteiger partial charge in [-0.3, -0.25) is 9.69 Å². The summed E-state index contributed by atoms with van der Waals surface area (Å²) >= 11 is 0. The standard InChI is InChI=1S/C22H28N2O/c1-18-7-6-10-20(15-18)17-24-13-11-21(12-14-24)22(25)23(2)16-19-8-4-3-5-9-19/h3-10,15,21H,11-14,16-17H2,1-2H3. The molecular weight excluding hydrogens is 308 g/mol. The van der Waals surface area contributed by atoms with Gasteiger partial charge in [-0.1, -0.05) is 60.2 Å². The Balaban J connectivity index is 1.49. The molecule has 1 saturated heterocycles. The van der Waals surface area contributed by atoms with E-state index in [1.54, 1.807) is 0 Å². The van der Waals surface area contributed by atoms with Crippen molar-refractivity contribution in [3.8, 4) is 0 Å². The van der Waals surface area contributed by atoms with Crippen LogP contribution in [0.5, 0.6) is 0 Å². The first-order valence-electron chi connectivity index (χ1n) is 9.18. The number of amides is 1. The van der Waals surface area contributed by atoms with E-state index in [2.05, 4.69) is 48.2 Å². The number of carbonyl (C=O) groups excluding carboxylic acids is 1. The van der Waals surface area contributed by atoms with Crippen molar-refractivity contribution in [3.05, 3.63) is 71.3 Å². The lowest BCUT2D eigenvalue weighted by Crippen LogP contribution is -2.40. The Morgan fingerprint density at radius 2 is 1.72 bits per heavy atom. The highest BCUT2D eigenvalue weighted by molar-refractivity contribution is 5.78. The predicted molar refractivity (Wildman–Crippen MR) is 102 cm³/mol. The van der Waals surface area contributed by atoms with Gasteiger partial charge in [-0.15, -0.1) is 0 Å². The molecule has 0 radical (unpaired) electrons. The van der Waals surface area contributed by atoms with Crippen LogP contribution >= 0.6 is 0 Å². The van der Waals surface area contributed by atoms with Crippen LogP contribution in [0, 0.1) is 12.8 Å². The number of benzene rings is 2. The van der Waals surface area contributed by atoms with Gasteiger partial charge in [0.05, 0.1) is 0 Å². The fourth-order valence-electron chi connectivity index (χ4n) is 3.65. The first-order valence-corrected chi connectivity index (χ1v) is 9.18. The first-order chi connectivity index (χ1) is 12.1. The number of rotatable bonds is 5. The zero-order chi connectivity index (χ0) is 17.6. The minimum atomic E-state index is 0.169. The second kappa shape index (κ2) is 8.30. The topological polar surface area (TPSA) is 23.6 Å². The Bertz CT molecular complexity index is 690. The van der Waals surface area contributed by atoms with E-state index in [0.29, 0.717) is 12.5 Å². The van der Waals surface area contributed by atoms with Crippen LogP contribution in [0.3, 0.4) is 0 Å². The lowest BCUT2D eigenvalue weighted by atomic mass is 9.94. The molecule has 1 aliphatic rings. The molecule has 3 heteroatoms. The zero-order valence-corrected chi connectivity index (χ0v) is 15.3. The van der Waals surface area contributed by atoms with E-state index in [0.717, 1.165) is 32.5 Å². The second-order valence-electron chi connectivity index (χ2n) is 7.22. The molecule has 3 nitrogen and oxygen atoms in total. The maximum Gasteiger partial charge on any atom is 0.225 e. The minimum absolute atomic E-state index is 0.169. The number of nitrogens with zero attached hydrogens (tertiary/aromatic N) is 2. The molecule has 0 spiro atoms. The largest absolute Gasteiger partial charge is 0.341 e. The Kier molecular flexibility index (Phi) is 5.87. The summed E-state index contributed by atoms with van der Waals surface area (Å²) in [7, 11) is 1.93. The lowest BCUT2D eigenvalue weighted by molar-refractivity contribution is -0.136. The molecule has 1 fully saturated rings. The summed E-state index contributed by atoms with van der Waals surface area (Å²) in [6.45, 7) is 5.83. The molecule has 0 aliphatic carbocycles. The van der Waals surface area contributed by atoms with Gasteiger partial charge >= 0.3 is 0 Å². The summed E-state index contributed by atoms with van der Waals surface area (Å²) in [5, 5.41) is 0. The first kappa shape index (κ1) is 17.7. The van der Waals surface area contributed by atoms with Gasteiger partial charge in [0.15, 0.2) is 0 Å². The number of carbonyl (C=O) groups is 1. The number of piperidine rings is 1. The van der Waals surface area contributed by atoms with Crippen molar-refractivity contribution >= 4 is 5.91 Å². The summed E-state index contributed by atoms with van der Waals surface area (Å²) in [5.74, 6) is 0.460. The highest BCUT2D eigenvalue weighted by Crippen LogP contribution is 2.21. The van der Waals surface area contributed by atoms with Crippen molar-refractivity contribution in [2.24, 2.45) is 5.92 Å². The van der Waals surface area contributed by atoms with Crippen LogP contribution in [0.25, 0.3) is 0 Å². The normalized spacial score (nSPS) is 15.9. The van der Waals surface area contributed by atoms with Gasteiger partial charge < -0.3 is 4.90 Å². The maximum absolute atomic E-state index is 12.7. The smallest absolute Gasteiger partial charge is 0.225 e. The summed E-state index contributed by atoms with van der Waals surface area (Å²) in [5.41, 5.74) is 3.87. The van der Waals surface area contributed by atoms with Crippen molar-refractivity contribution < 1.29 is 4.79 Å². The molecule has 1 heterocycles. The SMILES string of the molecule is Cc1cccc(CN2CCC(C(=O)N(C)Cc3ccccc3)CC2)c1. The van der Waals surface area contributed by atoms with Gasteiger partial charge in [-0.25, -0.2) is 0 Å². The van der Waals surface area contributed by atoms with Gasteiger partial charge in [-0.05, 0) is 44.0 Å². The van der Waals surface area contributed by atoms with E-state index in [1.807, 2.05) is 30.1 Å². The van der Waals surface area contributed by atoms with Gasteiger partial charge in [0.1, 0.15) is 0 Å². The molecule has 132 valence electrons. The minimum Gasteiger partial charge on any atom is -0.341 e. The third-order valence-corrected chi connectivity index (χ3v) is 5.06. The quantitative estimate of drug-likeness (QED) is 0.827. The molecule has 0 bridgehead atoms. The van der Waals surface area contributed by atoms with E-state index < -0.39 is 0 Å². The third kappa shape index (κ3) is 4.93. The van der Waals surface area contributed by atoms with Gasteiger partial charge in [0.2, 0.25) is 5.91 Å². The molecule has 0 unspecified atom stereocenters. The van der Waals surface area contributed by atoms with E-state index >= 15 is 0 Å². The van der Waals surface area contributed by atoms with Crippen molar-refractivity contribution in [2.75, 3.05) is 20.1 Å². The fraction of sp³-hybridized carbons (Fsp3) is 0.409. The van der Waals surface area contributed by atoms with Crippen molar-refractivity contribution in [1.82, 2.24) is 9.80 Å². The van der Waals surface area contributed by atoms with E-state index in [9.17, 15) is 4.79 Å². The second-order valence-corrected chi connectivity index (χ2v) is 7.22. The maximum atomic E-state index is 12.7. The van der Waals surface area contributed by atoms with E-state index in [4.69, 9.17) is 0 Å². The Labute approximate surface area is 151 Å². The number of hydrogen-bond donors (Lipinski definition) is 0. The van der Waals surface area contributed by atoms with Gasteiger partial charge in [-0.2, -0.15) is 0 Å². The number of aryl methyl sites for hydroxylation is 1. The fourth-order valence-corrected chi connectivity index (χ4v) is 3.65. The lowest BCUT2D eigenvalue weighted by Gasteiger charge is -2.33. The summed E-state index contributed by atoms with van der Waals surface area (Å²) in [6, 6.07) is 18.9. The average Bonchev–Trinajstić information content (AvgIpc) is 2.62. The van der Waals surface area contributed by atoms with Crippen LogP contribution in [-0.2, 0) is 17.9 Å². The third-order valence-electron chi connectivity index (χ3n) is 5.06. The van der Waals surface area contributed by atoms with Crippen LogP contribution in [0.1, 0.15) is 29.5 Å². The molecular formula is C22H28N2O. The molecule has 2 aromatic carbocycles. The van der Waals surface area contributed by atoms with Crippen LogP contribution in [0.2, 0.25) is 0 Å². The van der Waals surface area contributed by atoms with Gasteiger partial charge in [0.25, 0.3) is 0 Å². The molecule has 0 aromatic heterocycles. The van der Waals surface area contributed by atoms with Gasteiger partial charge in [0, 0.05) is 26.1 Å². The molecule has 2 aromatic rings. The Morgan fingerprint density at radius 1 is 1.04 bits per heavy atom. The Morgan fingerprint density at radius 3 is 2.40 bits per heavy atom.